The van der Waals surface area contributed by atoms with E-state index < -0.39 is 0 Å². The van der Waals surface area contributed by atoms with Crippen molar-refractivity contribution in [2.75, 3.05) is 0 Å². The van der Waals surface area contributed by atoms with Crippen LogP contribution < -0.4 is 5.19 Å². The zero-order chi connectivity index (χ0) is 24.1. The molecule has 0 unspecified atom stereocenters. The first-order chi connectivity index (χ1) is 17.8. The highest BCUT2D eigenvalue weighted by Gasteiger charge is 2.19. The molecule has 170 valence electrons. The van der Waals surface area contributed by atoms with Gasteiger partial charge >= 0.3 is 0 Å². The van der Waals surface area contributed by atoms with Gasteiger partial charge in [0.25, 0.3) is 0 Å². The quantitative estimate of drug-likeness (QED) is 0.317. The summed E-state index contributed by atoms with van der Waals surface area (Å²) in [6.07, 6.45) is 0. The highest BCUT2D eigenvalue weighted by atomic mass is 28.1. The molecule has 0 spiro atoms. The average molecular weight is 479 g/mol. The van der Waals surface area contributed by atoms with Crippen LogP contribution in [0.4, 0.5) is 0 Å². The molecule has 0 aliphatic rings. The van der Waals surface area contributed by atoms with Crippen molar-refractivity contribution in [3.8, 4) is 28.7 Å². The normalized spacial score (nSPS) is 11.6. The lowest BCUT2D eigenvalue weighted by atomic mass is 10.0. The Balaban J connectivity index is 1.60. The maximum Gasteiger partial charge on any atom is 0.238 e. The summed E-state index contributed by atoms with van der Waals surface area (Å²) in [7, 11) is 0.992. The lowest BCUT2D eigenvalue weighted by Crippen LogP contribution is -2.07. The predicted octanol–water partition coefficient (Wildman–Crippen LogP) is 5.45. The standard InChI is InChI=1S/C31H22N4Si/c36-23-16-18-26-25(19-23)28-24-14-8-7-9-20(24)15-17-27(28)35(26)31-33-29(21-10-3-1-4-11-21)32-30(34-31)22-12-5-2-6-13-22/h1-19H,36H3. The molecule has 0 radical (unpaired) electrons. The molecular weight excluding hydrogens is 456 g/mol. The van der Waals surface area contributed by atoms with Gasteiger partial charge in [0, 0.05) is 32.1 Å². The van der Waals surface area contributed by atoms with E-state index in [0.29, 0.717) is 17.6 Å². The first kappa shape index (κ1) is 20.7. The lowest BCUT2D eigenvalue weighted by molar-refractivity contribution is 0.954. The Morgan fingerprint density at radius 3 is 1.83 bits per heavy atom. The largest absolute Gasteiger partial charge is 0.278 e. The first-order valence-corrected chi connectivity index (χ1v) is 13.1. The Labute approximate surface area is 211 Å². The fourth-order valence-corrected chi connectivity index (χ4v) is 5.47. The number of benzene rings is 5. The zero-order valence-electron chi connectivity index (χ0n) is 19.8. The van der Waals surface area contributed by atoms with E-state index in [0.717, 1.165) is 32.4 Å². The Morgan fingerprint density at radius 1 is 0.528 bits per heavy atom. The minimum Gasteiger partial charge on any atom is -0.278 e. The Morgan fingerprint density at radius 2 is 1.14 bits per heavy atom. The summed E-state index contributed by atoms with van der Waals surface area (Å²) in [4.78, 5) is 14.9. The van der Waals surface area contributed by atoms with E-state index in [1.807, 2.05) is 60.7 Å². The summed E-state index contributed by atoms with van der Waals surface area (Å²) in [6.45, 7) is 0. The second-order valence-corrected chi connectivity index (χ2v) is 10.2. The molecule has 0 aliphatic carbocycles. The molecule has 5 heteroatoms. The fourth-order valence-electron chi connectivity index (χ4n) is 5.02. The Bertz CT molecular complexity index is 1840. The summed E-state index contributed by atoms with van der Waals surface area (Å²) < 4.78 is 2.19. The average Bonchev–Trinajstić information content (AvgIpc) is 3.27. The molecule has 2 aromatic heterocycles. The van der Waals surface area contributed by atoms with Crippen molar-refractivity contribution in [2.45, 2.75) is 0 Å². The van der Waals surface area contributed by atoms with Gasteiger partial charge in [-0.3, -0.25) is 4.57 Å². The third-order valence-electron chi connectivity index (χ3n) is 6.70. The molecule has 0 atom stereocenters. The van der Waals surface area contributed by atoms with E-state index in [1.165, 1.54) is 26.7 Å². The number of rotatable bonds is 3. The van der Waals surface area contributed by atoms with Gasteiger partial charge in [-0.15, -0.1) is 0 Å². The van der Waals surface area contributed by atoms with Crippen LogP contribution in [0.2, 0.25) is 0 Å². The molecular formula is C31H22N4Si. The van der Waals surface area contributed by atoms with E-state index in [-0.39, 0.29) is 0 Å². The van der Waals surface area contributed by atoms with Crippen molar-refractivity contribution in [2.24, 2.45) is 0 Å². The van der Waals surface area contributed by atoms with Gasteiger partial charge in [0.05, 0.1) is 11.0 Å². The zero-order valence-corrected chi connectivity index (χ0v) is 21.8. The molecule has 2 heterocycles. The van der Waals surface area contributed by atoms with Gasteiger partial charge in [-0.05, 0) is 22.9 Å². The third-order valence-corrected chi connectivity index (χ3v) is 7.32. The first-order valence-electron chi connectivity index (χ1n) is 12.1. The van der Waals surface area contributed by atoms with Crippen LogP contribution in [-0.4, -0.2) is 29.8 Å². The van der Waals surface area contributed by atoms with Gasteiger partial charge in [-0.1, -0.05) is 108 Å². The molecule has 7 aromatic rings. The summed E-state index contributed by atoms with van der Waals surface area (Å²) in [6, 6.07) is 40.0. The molecule has 0 aliphatic heterocycles. The molecule has 0 N–H and O–H groups in total. The molecule has 0 bridgehead atoms. The number of nitrogens with zero attached hydrogens (tertiary/aromatic N) is 4. The van der Waals surface area contributed by atoms with Gasteiger partial charge in [-0.25, -0.2) is 4.98 Å². The summed E-state index contributed by atoms with van der Waals surface area (Å²) in [5.74, 6) is 1.95. The molecule has 0 saturated carbocycles. The minimum absolute atomic E-state index is 0.624. The smallest absolute Gasteiger partial charge is 0.238 e. The van der Waals surface area contributed by atoms with Crippen molar-refractivity contribution in [3.63, 3.8) is 0 Å². The molecule has 36 heavy (non-hydrogen) atoms. The fraction of sp³-hybridized carbons (Fsp3) is 0. The molecule has 4 nitrogen and oxygen atoms in total. The summed E-state index contributed by atoms with van der Waals surface area (Å²) >= 11 is 0. The summed E-state index contributed by atoms with van der Waals surface area (Å²) in [5, 5.41) is 6.31. The number of aromatic nitrogens is 4. The topological polar surface area (TPSA) is 43.6 Å². The van der Waals surface area contributed by atoms with E-state index in [4.69, 9.17) is 15.0 Å². The van der Waals surface area contributed by atoms with Crippen LogP contribution in [0.3, 0.4) is 0 Å². The van der Waals surface area contributed by atoms with Crippen LogP contribution in [0.25, 0.3) is 61.3 Å². The SMILES string of the molecule is [SiH3]c1ccc2c(c1)c1c3ccccc3ccc1n2-c1nc(-c2ccccc2)nc(-c2ccccc2)n1. The second kappa shape index (κ2) is 8.25. The van der Waals surface area contributed by atoms with Gasteiger partial charge in [0.2, 0.25) is 5.95 Å². The van der Waals surface area contributed by atoms with Crippen LogP contribution >= 0.6 is 0 Å². The van der Waals surface area contributed by atoms with Gasteiger partial charge in [0.1, 0.15) is 0 Å². The Kier molecular flexibility index (Phi) is 4.75. The number of hydrogen-bond acceptors (Lipinski definition) is 3. The van der Waals surface area contributed by atoms with E-state index >= 15 is 0 Å². The number of hydrogen-bond donors (Lipinski definition) is 0. The Hall–Kier alpha value is -4.61. The van der Waals surface area contributed by atoms with Crippen molar-refractivity contribution in [3.05, 3.63) is 115 Å². The second-order valence-electron chi connectivity index (χ2n) is 9.05. The molecule has 5 aromatic carbocycles. The molecule has 7 rings (SSSR count). The van der Waals surface area contributed by atoms with E-state index in [1.54, 1.807) is 0 Å². The molecule has 0 saturated heterocycles. The number of fused-ring (bicyclic) bond motifs is 5. The predicted molar refractivity (Wildman–Crippen MR) is 152 cm³/mol. The van der Waals surface area contributed by atoms with Crippen LogP contribution in [0, 0.1) is 0 Å². The highest BCUT2D eigenvalue weighted by molar-refractivity contribution is 6.34. The van der Waals surface area contributed by atoms with E-state index in [2.05, 4.69) is 59.2 Å². The van der Waals surface area contributed by atoms with Crippen molar-refractivity contribution >= 4 is 48.0 Å². The van der Waals surface area contributed by atoms with Gasteiger partial charge in [-0.2, -0.15) is 9.97 Å². The van der Waals surface area contributed by atoms with Crippen molar-refractivity contribution in [1.29, 1.82) is 0 Å². The summed E-state index contributed by atoms with van der Waals surface area (Å²) in [5.41, 5.74) is 4.13. The van der Waals surface area contributed by atoms with Crippen molar-refractivity contribution in [1.82, 2.24) is 19.5 Å². The van der Waals surface area contributed by atoms with Crippen molar-refractivity contribution < 1.29 is 0 Å². The highest BCUT2D eigenvalue weighted by Crippen LogP contribution is 2.36. The van der Waals surface area contributed by atoms with E-state index in [9.17, 15) is 0 Å². The van der Waals surface area contributed by atoms with Gasteiger partial charge in [0.15, 0.2) is 11.6 Å². The van der Waals surface area contributed by atoms with Crippen LogP contribution in [0.15, 0.2) is 115 Å². The molecule has 0 amide bonds. The van der Waals surface area contributed by atoms with Crippen LogP contribution in [0.1, 0.15) is 0 Å². The maximum absolute atomic E-state index is 5.02. The monoisotopic (exact) mass is 478 g/mol. The lowest BCUT2D eigenvalue weighted by Gasteiger charge is -2.11. The van der Waals surface area contributed by atoms with Crippen LogP contribution in [0.5, 0.6) is 0 Å². The van der Waals surface area contributed by atoms with Gasteiger partial charge < -0.3 is 0 Å². The minimum atomic E-state index is 0.624. The third kappa shape index (κ3) is 3.33. The maximum atomic E-state index is 5.02. The molecule has 0 fully saturated rings. The van der Waals surface area contributed by atoms with Crippen LogP contribution in [-0.2, 0) is 0 Å².